The van der Waals surface area contributed by atoms with Gasteiger partial charge in [0.1, 0.15) is 0 Å². The number of rotatable bonds is 7. The van der Waals surface area contributed by atoms with Crippen molar-refractivity contribution < 1.29 is 4.79 Å². The lowest BCUT2D eigenvalue weighted by molar-refractivity contribution is -0.140. The lowest BCUT2D eigenvalue weighted by Gasteiger charge is -2.48. The SMILES string of the molecule is C=CCCC1(CCC=C)CCCCN1C(=O)CC. The minimum absolute atomic E-state index is 0.0632. The smallest absolute Gasteiger partial charge is 0.222 e. The largest absolute Gasteiger partial charge is 0.337 e. The highest BCUT2D eigenvalue weighted by Gasteiger charge is 2.39. The maximum atomic E-state index is 12.2. The molecule has 1 amide bonds. The molecule has 0 aromatic rings. The van der Waals surface area contributed by atoms with E-state index in [4.69, 9.17) is 0 Å². The number of piperidine rings is 1. The van der Waals surface area contributed by atoms with E-state index in [-0.39, 0.29) is 5.54 Å². The van der Waals surface area contributed by atoms with Gasteiger partial charge in [0.25, 0.3) is 0 Å². The van der Waals surface area contributed by atoms with Gasteiger partial charge in [-0.3, -0.25) is 4.79 Å². The molecule has 0 radical (unpaired) electrons. The first-order valence-corrected chi connectivity index (χ1v) is 7.22. The number of carbonyl (C=O) groups excluding carboxylic acids is 1. The molecule has 102 valence electrons. The van der Waals surface area contributed by atoms with Crippen LogP contribution < -0.4 is 0 Å². The fourth-order valence-electron chi connectivity index (χ4n) is 3.06. The van der Waals surface area contributed by atoms with Crippen molar-refractivity contribution in [3.63, 3.8) is 0 Å². The van der Waals surface area contributed by atoms with Crippen LogP contribution in [0.1, 0.15) is 58.3 Å². The molecule has 0 spiro atoms. The van der Waals surface area contributed by atoms with Crippen molar-refractivity contribution in [2.24, 2.45) is 0 Å². The first-order chi connectivity index (χ1) is 8.70. The van der Waals surface area contributed by atoms with Gasteiger partial charge in [-0.1, -0.05) is 19.1 Å². The summed E-state index contributed by atoms with van der Waals surface area (Å²) in [4.78, 5) is 14.3. The van der Waals surface area contributed by atoms with Crippen molar-refractivity contribution in [2.45, 2.75) is 63.8 Å². The van der Waals surface area contributed by atoms with Crippen LogP contribution in [0.3, 0.4) is 0 Å². The molecular formula is C16H27NO. The van der Waals surface area contributed by atoms with Gasteiger partial charge in [0.15, 0.2) is 0 Å². The van der Waals surface area contributed by atoms with Gasteiger partial charge < -0.3 is 4.90 Å². The maximum Gasteiger partial charge on any atom is 0.222 e. The van der Waals surface area contributed by atoms with Gasteiger partial charge in [0.2, 0.25) is 5.91 Å². The number of nitrogens with zero attached hydrogens (tertiary/aromatic N) is 1. The van der Waals surface area contributed by atoms with Crippen LogP contribution in [0.25, 0.3) is 0 Å². The molecule has 0 aliphatic carbocycles. The molecule has 18 heavy (non-hydrogen) atoms. The average molecular weight is 249 g/mol. The summed E-state index contributed by atoms with van der Waals surface area (Å²) in [6.45, 7) is 10.5. The molecule has 0 saturated carbocycles. The predicted octanol–water partition coefficient (Wildman–Crippen LogP) is 4.08. The highest BCUT2D eigenvalue weighted by atomic mass is 16.2. The highest BCUT2D eigenvalue weighted by molar-refractivity contribution is 5.76. The molecule has 1 aliphatic rings. The Kier molecular flexibility index (Phi) is 6.17. The summed E-state index contributed by atoms with van der Waals surface area (Å²) >= 11 is 0. The van der Waals surface area contributed by atoms with Crippen LogP contribution in [0.15, 0.2) is 25.3 Å². The third-order valence-electron chi connectivity index (χ3n) is 4.08. The van der Waals surface area contributed by atoms with Crippen molar-refractivity contribution in [2.75, 3.05) is 6.54 Å². The van der Waals surface area contributed by atoms with Crippen LogP contribution in [0.4, 0.5) is 0 Å². The minimum Gasteiger partial charge on any atom is -0.337 e. The Labute approximate surface area is 112 Å². The molecule has 2 heteroatoms. The third kappa shape index (κ3) is 3.47. The van der Waals surface area contributed by atoms with Gasteiger partial charge >= 0.3 is 0 Å². The van der Waals surface area contributed by atoms with Crippen LogP contribution in [-0.2, 0) is 4.79 Å². The molecular weight excluding hydrogens is 222 g/mol. The van der Waals surface area contributed by atoms with Gasteiger partial charge in [-0.05, 0) is 44.9 Å². The molecule has 0 aromatic carbocycles. The normalized spacial score (nSPS) is 18.4. The average Bonchev–Trinajstić information content (AvgIpc) is 2.42. The Morgan fingerprint density at radius 1 is 1.22 bits per heavy atom. The number of hydrogen-bond donors (Lipinski definition) is 0. The Balaban J connectivity index is 2.88. The summed E-state index contributed by atoms with van der Waals surface area (Å²) < 4.78 is 0. The number of amides is 1. The second-order valence-electron chi connectivity index (χ2n) is 5.24. The first kappa shape index (κ1) is 15.0. The van der Waals surface area contributed by atoms with E-state index in [2.05, 4.69) is 18.1 Å². The van der Waals surface area contributed by atoms with Crippen molar-refractivity contribution in [3.05, 3.63) is 25.3 Å². The van der Waals surface area contributed by atoms with Gasteiger partial charge in [-0.2, -0.15) is 0 Å². The molecule has 0 N–H and O–H groups in total. The summed E-state index contributed by atoms with van der Waals surface area (Å²) in [6.07, 6.45) is 12.2. The molecule has 0 unspecified atom stereocenters. The molecule has 1 aliphatic heterocycles. The Hall–Kier alpha value is -1.05. The Bertz CT molecular complexity index is 283. The van der Waals surface area contributed by atoms with E-state index in [9.17, 15) is 4.79 Å². The van der Waals surface area contributed by atoms with Crippen molar-refractivity contribution >= 4 is 5.91 Å². The fourth-order valence-corrected chi connectivity index (χ4v) is 3.06. The Morgan fingerprint density at radius 3 is 2.33 bits per heavy atom. The fraction of sp³-hybridized carbons (Fsp3) is 0.688. The monoisotopic (exact) mass is 249 g/mol. The zero-order chi connectivity index (χ0) is 13.4. The summed E-state index contributed by atoms with van der Waals surface area (Å²) in [5.74, 6) is 0.308. The predicted molar refractivity (Wildman–Crippen MR) is 77.4 cm³/mol. The van der Waals surface area contributed by atoms with Crippen LogP contribution >= 0.6 is 0 Å². The van der Waals surface area contributed by atoms with Crippen molar-refractivity contribution in [3.8, 4) is 0 Å². The van der Waals surface area contributed by atoms with Crippen LogP contribution in [-0.4, -0.2) is 22.9 Å². The van der Waals surface area contributed by atoms with Crippen LogP contribution in [0, 0.1) is 0 Å². The van der Waals surface area contributed by atoms with E-state index in [0.717, 1.165) is 45.1 Å². The topological polar surface area (TPSA) is 20.3 Å². The molecule has 1 saturated heterocycles. The zero-order valence-electron chi connectivity index (χ0n) is 11.8. The third-order valence-corrected chi connectivity index (χ3v) is 4.08. The molecule has 0 aromatic heterocycles. The quantitative estimate of drug-likeness (QED) is 0.623. The van der Waals surface area contributed by atoms with Crippen LogP contribution in [0.2, 0.25) is 0 Å². The number of hydrogen-bond acceptors (Lipinski definition) is 1. The van der Waals surface area contributed by atoms with E-state index < -0.39 is 0 Å². The van der Waals surface area contributed by atoms with Gasteiger partial charge in [-0.25, -0.2) is 0 Å². The second kappa shape index (κ2) is 7.40. The molecule has 1 heterocycles. The molecule has 1 fully saturated rings. The van der Waals surface area contributed by atoms with Gasteiger partial charge in [0.05, 0.1) is 0 Å². The first-order valence-electron chi connectivity index (χ1n) is 7.22. The lowest BCUT2D eigenvalue weighted by Crippen LogP contribution is -2.54. The zero-order valence-corrected chi connectivity index (χ0v) is 11.8. The number of likely N-dealkylation sites (tertiary alicyclic amines) is 1. The summed E-state index contributed by atoms with van der Waals surface area (Å²) in [7, 11) is 0. The van der Waals surface area contributed by atoms with Crippen molar-refractivity contribution in [1.29, 1.82) is 0 Å². The molecule has 2 nitrogen and oxygen atoms in total. The molecule has 1 rings (SSSR count). The lowest BCUT2D eigenvalue weighted by atomic mass is 9.78. The number of carbonyl (C=O) groups is 1. The summed E-state index contributed by atoms with van der Waals surface area (Å²) in [5.41, 5.74) is 0.0632. The highest BCUT2D eigenvalue weighted by Crippen LogP contribution is 2.37. The van der Waals surface area contributed by atoms with Gasteiger partial charge in [0, 0.05) is 18.5 Å². The van der Waals surface area contributed by atoms with E-state index in [1.54, 1.807) is 0 Å². The van der Waals surface area contributed by atoms with Gasteiger partial charge in [-0.15, -0.1) is 13.2 Å². The Morgan fingerprint density at radius 2 is 1.83 bits per heavy atom. The molecule has 0 atom stereocenters. The van der Waals surface area contributed by atoms with Crippen LogP contribution in [0.5, 0.6) is 0 Å². The minimum atomic E-state index is 0.0632. The standard InChI is InChI=1S/C16H27NO/c1-4-7-11-16(12-8-5-2)13-9-10-14-17(16)15(18)6-3/h4-5H,1-2,6-14H2,3H3. The number of allylic oxidation sites excluding steroid dienone is 2. The molecule has 0 bridgehead atoms. The summed E-state index contributed by atoms with van der Waals surface area (Å²) in [5, 5.41) is 0. The van der Waals surface area contributed by atoms with E-state index in [0.29, 0.717) is 12.3 Å². The van der Waals surface area contributed by atoms with E-state index >= 15 is 0 Å². The van der Waals surface area contributed by atoms with E-state index in [1.807, 2.05) is 19.1 Å². The van der Waals surface area contributed by atoms with E-state index in [1.165, 1.54) is 6.42 Å². The van der Waals surface area contributed by atoms with Crippen molar-refractivity contribution in [1.82, 2.24) is 4.90 Å². The summed E-state index contributed by atoms with van der Waals surface area (Å²) in [6, 6.07) is 0. The maximum absolute atomic E-state index is 12.2. The second-order valence-corrected chi connectivity index (χ2v) is 5.24.